The second-order valence-corrected chi connectivity index (χ2v) is 11.5. The number of ether oxygens (including phenoxy) is 1. The van der Waals surface area contributed by atoms with Gasteiger partial charge in [-0.15, -0.1) is 0 Å². The number of nitrogens with one attached hydrogen (secondary N) is 2. The van der Waals surface area contributed by atoms with Gasteiger partial charge in [0.2, 0.25) is 17.7 Å². The fraction of sp³-hybridized carbons (Fsp3) is 0.516. The molecule has 3 unspecified atom stereocenters. The minimum absolute atomic E-state index is 0.0549. The molecule has 0 saturated carbocycles. The van der Waals surface area contributed by atoms with Crippen molar-refractivity contribution in [1.29, 1.82) is 0 Å². The van der Waals surface area contributed by atoms with Crippen LogP contribution in [0.1, 0.15) is 45.6 Å². The van der Waals surface area contributed by atoms with Crippen LogP contribution in [-0.4, -0.2) is 64.2 Å². The first-order valence-electron chi connectivity index (χ1n) is 14.1. The van der Waals surface area contributed by atoms with E-state index in [-0.39, 0.29) is 30.2 Å². The van der Waals surface area contributed by atoms with Crippen LogP contribution in [0.4, 0.5) is 5.69 Å². The molecular weight excluding hydrogens is 494 g/mol. The molecule has 2 aromatic rings. The zero-order chi connectivity index (χ0) is 27.8. The van der Waals surface area contributed by atoms with Crippen molar-refractivity contribution < 1.29 is 24.2 Å². The summed E-state index contributed by atoms with van der Waals surface area (Å²) in [7, 11) is 0. The van der Waals surface area contributed by atoms with Gasteiger partial charge in [0.25, 0.3) is 0 Å². The van der Waals surface area contributed by atoms with Gasteiger partial charge < -0.3 is 25.4 Å². The first-order chi connectivity index (χ1) is 18.8. The van der Waals surface area contributed by atoms with Crippen molar-refractivity contribution in [2.24, 2.45) is 17.8 Å². The number of carbonyl (C=O) groups excluding carboxylic acids is 3. The first-order valence-corrected chi connectivity index (χ1v) is 14.1. The molecule has 3 amide bonds. The number of unbranched alkanes of at least 4 members (excludes halogenated alkanes) is 1. The average Bonchev–Trinajstić information content (AvgIpc) is 3.45. The number of hydrogen-bond donors (Lipinski definition) is 3. The Morgan fingerprint density at radius 2 is 1.77 bits per heavy atom. The molecule has 3 N–H and O–H groups in total. The molecule has 0 aliphatic carbocycles. The molecule has 8 nitrogen and oxygen atoms in total. The smallest absolute Gasteiger partial charge is 0.245 e. The van der Waals surface area contributed by atoms with Gasteiger partial charge in [0, 0.05) is 12.2 Å². The molecule has 3 heterocycles. The van der Waals surface area contributed by atoms with E-state index in [4.69, 9.17) is 4.74 Å². The van der Waals surface area contributed by atoms with Crippen LogP contribution in [0.3, 0.4) is 0 Å². The molecule has 8 heteroatoms. The maximum atomic E-state index is 14.4. The first kappa shape index (κ1) is 27.3. The summed E-state index contributed by atoms with van der Waals surface area (Å²) in [6, 6.07) is 17.2. The van der Waals surface area contributed by atoms with Crippen molar-refractivity contribution >= 4 is 23.4 Å². The molecule has 3 fully saturated rings. The van der Waals surface area contributed by atoms with Crippen LogP contribution in [0.2, 0.25) is 0 Å². The van der Waals surface area contributed by atoms with E-state index in [9.17, 15) is 19.5 Å². The molecule has 3 aliphatic heterocycles. The Hall–Kier alpha value is -3.23. The Labute approximate surface area is 230 Å². The Morgan fingerprint density at radius 1 is 1.10 bits per heavy atom. The van der Waals surface area contributed by atoms with Crippen LogP contribution in [-0.2, 0) is 25.5 Å². The molecule has 0 radical (unpaired) electrons. The van der Waals surface area contributed by atoms with Gasteiger partial charge in [0.15, 0.2) is 0 Å². The van der Waals surface area contributed by atoms with Crippen molar-refractivity contribution in [3.05, 3.63) is 66.2 Å². The topological polar surface area (TPSA) is 108 Å². The summed E-state index contributed by atoms with van der Waals surface area (Å²) < 4.78 is 6.77. The number of aliphatic hydroxyl groups excluding tert-OH is 1. The van der Waals surface area contributed by atoms with Crippen molar-refractivity contribution in [3.8, 4) is 0 Å². The number of rotatable bonds is 10. The summed E-state index contributed by atoms with van der Waals surface area (Å²) in [5.74, 6) is -2.53. The minimum atomic E-state index is -1.15. The van der Waals surface area contributed by atoms with Crippen LogP contribution in [0.5, 0.6) is 0 Å². The number of hydrogen-bond acceptors (Lipinski definition) is 5. The largest absolute Gasteiger partial charge is 0.394 e. The highest BCUT2D eigenvalue weighted by Crippen LogP contribution is 2.65. The Balaban J connectivity index is 1.55. The molecular formula is C31H39N3O5. The summed E-state index contributed by atoms with van der Waals surface area (Å²) in [5, 5.41) is 16.6. The van der Waals surface area contributed by atoms with E-state index in [1.807, 2.05) is 81.4 Å². The lowest BCUT2D eigenvalue weighted by molar-refractivity contribution is -0.149. The fourth-order valence-corrected chi connectivity index (χ4v) is 7.13. The highest BCUT2D eigenvalue weighted by Gasteiger charge is 2.80. The fourth-order valence-electron chi connectivity index (χ4n) is 7.13. The normalized spacial score (nSPS) is 31.7. The van der Waals surface area contributed by atoms with Crippen LogP contribution < -0.4 is 10.6 Å². The lowest BCUT2D eigenvalue weighted by Crippen LogP contribution is -2.58. The van der Waals surface area contributed by atoms with Crippen molar-refractivity contribution in [3.63, 3.8) is 0 Å². The van der Waals surface area contributed by atoms with Crippen LogP contribution >= 0.6 is 0 Å². The lowest BCUT2D eigenvalue weighted by atomic mass is 9.62. The number of carbonyl (C=O) groups is 3. The molecule has 7 atom stereocenters. The Kier molecular flexibility index (Phi) is 7.53. The minimum Gasteiger partial charge on any atom is -0.394 e. The summed E-state index contributed by atoms with van der Waals surface area (Å²) in [4.78, 5) is 43.7. The molecule has 208 valence electrons. The monoisotopic (exact) mass is 533 g/mol. The summed E-state index contributed by atoms with van der Waals surface area (Å²) in [6.45, 7) is 6.16. The number of fused-ring (bicyclic) bond motifs is 1. The van der Waals surface area contributed by atoms with Gasteiger partial charge in [-0.1, -0.05) is 68.8 Å². The molecule has 3 saturated heterocycles. The van der Waals surface area contributed by atoms with Gasteiger partial charge in [0.1, 0.15) is 11.6 Å². The Morgan fingerprint density at radius 3 is 2.41 bits per heavy atom. The predicted octanol–water partition coefficient (Wildman–Crippen LogP) is 3.16. The third-order valence-electron chi connectivity index (χ3n) is 9.07. The standard InChI is InChI=1S/C31H39N3O5/c1-4-5-16-32-28(37)26-31-18-20(2)30(3,39-31)24(27(36)33-22-14-10-7-11-15-22)25(31)29(38)34(26)23(19-35)17-21-12-8-6-9-13-21/h6-15,20,23-26,35H,4-5,16-19H2,1-3H3,(H,32,37)(H,33,36)/t20?,23-,24+,25+,26?,30-,31?/m1/s1. The van der Waals surface area contributed by atoms with Gasteiger partial charge in [-0.3, -0.25) is 14.4 Å². The van der Waals surface area contributed by atoms with E-state index in [0.717, 1.165) is 18.4 Å². The number of benzene rings is 2. The van der Waals surface area contributed by atoms with Crippen molar-refractivity contribution in [1.82, 2.24) is 10.2 Å². The van der Waals surface area contributed by atoms with E-state index < -0.39 is 35.1 Å². The maximum Gasteiger partial charge on any atom is 0.245 e. The van der Waals surface area contributed by atoms with E-state index in [1.165, 1.54) is 0 Å². The van der Waals surface area contributed by atoms with Gasteiger partial charge in [-0.05, 0) is 49.8 Å². The van der Waals surface area contributed by atoms with Gasteiger partial charge in [-0.2, -0.15) is 0 Å². The van der Waals surface area contributed by atoms with Crippen LogP contribution in [0.15, 0.2) is 60.7 Å². The highest BCUT2D eigenvalue weighted by molar-refractivity contribution is 6.02. The summed E-state index contributed by atoms with van der Waals surface area (Å²) in [6.07, 6.45) is 2.61. The van der Waals surface area contributed by atoms with Gasteiger partial charge in [-0.25, -0.2) is 0 Å². The van der Waals surface area contributed by atoms with Crippen LogP contribution in [0, 0.1) is 17.8 Å². The lowest BCUT2D eigenvalue weighted by Gasteiger charge is -2.37. The van der Waals surface area contributed by atoms with E-state index in [1.54, 1.807) is 4.90 Å². The third-order valence-corrected chi connectivity index (χ3v) is 9.07. The molecule has 0 aromatic heterocycles. The zero-order valence-corrected chi connectivity index (χ0v) is 22.9. The molecule has 1 spiro atoms. The molecule has 39 heavy (non-hydrogen) atoms. The molecule has 5 rings (SSSR count). The highest BCUT2D eigenvalue weighted by atomic mass is 16.5. The Bertz CT molecular complexity index is 1210. The number of likely N-dealkylation sites (tertiary alicyclic amines) is 1. The number of amides is 3. The molecule has 2 bridgehead atoms. The quantitative estimate of drug-likeness (QED) is 0.407. The second-order valence-electron chi connectivity index (χ2n) is 11.5. The van der Waals surface area contributed by atoms with Gasteiger partial charge in [0.05, 0.1) is 30.1 Å². The second kappa shape index (κ2) is 10.7. The number of anilines is 1. The summed E-state index contributed by atoms with van der Waals surface area (Å²) in [5.41, 5.74) is -0.455. The maximum absolute atomic E-state index is 14.4. The number of nitrogens with zero attached hydrogens (tertiary/aromatic N) is 1. The van der Waals surface area contributed by atoms with E-state index >= 15 is 0 Å². The van der Waals surface area contributed by atoms with Crippen molar-refractivity contribution in [2.75, 3.05) is 18.5 Å². The number of para-hydroxylation sites is 1. The average molecular weight is 534 g/mol. The molecule has 3 aliphatic rings. The SMILES string of the molecule is CCCCNC(=O)C1N([C@@H](CO)Cc2ccccc2)C(=O)[C@@H]2[C@@H](C(=O)Nc3ccccc3)[C@]3(C)OC12CC3C. The van der Waals surface area contributed by atoms with Crippen molar-refractivity contribution in [2.45, 2.75) is 69.7 Å². The number of aliphatic hydroxyl groups is 1. The molecule has 2 aromatic carbocycles. The summed E-state index contributed by atoms with van der Waals surface area (Å²) >= 11 is 0. The predicted molar refractivity (Wildman–Crippen MR) is 148 cm³/mol. The van der Waals surface area contributed by atoms with Crippen LogP contribution in [0.25, 0.3) is 0 Å². The van der Waals surface area contributed by atoms with E-state index in [2.05, 4.69) is 10.6 Å². The van der Waals surface area contributed by atoms with Gasteiger partial charge >= 0.3 is 0 Å². The zero-order valence-electron chi connectivity index (χ0n) is 22.9. The van der Waals surface area contributed by atoms with E-state index in [0.29, 0.717) is 25.1 Å². The third kappa shape index (κ3) is 4.53.